The van der Waals surface area contributed by atoms with Crippen LogP contribution < -0.4 is 0 Å². The molecule has 0 aliphatic heterocycles. The van der Waals surface area contributed by atoms with Crippen LogP contribution in [0.15, 0.2) is 12.3 Å². The Kier molecular flexibility index (Phi) is 4.80. The Morgan fingerprint density at radius 2 is 2.14 bits per heavy atom. The van der Waals surface area contributed by atoms with Crippen LogP contribution in [0.4, 0.5) is 0 Å². The van der Waals surface area contributed by atoms with Crippen molar-refractivity contribution in [2.75, 3.05) is 0 Å². The minimum Gasteiger partial charge on any atom is -0.480 e. The lowest BCUT2D eigenvalue weighted by atomic mass is 9.70. The van der Waals surface area contributed by atoms with Gasteiger partial charge in [0.2, 0.25) is 0 Å². The molecule has 1 heterocycles. The molecule has 116 valence electrons. The van der Waals surface area contributed by atoms with Crippen LogP contribution in [-0.2, 0) is 16.0 Å². The van der Waals surface area contributed by atoms with Crippen molar-refractivity contribution in [3.05, 3.63) is 18.0 Å². The van der Waals surface area contributed by atoms with Crippen LogP contribution in [0.5, 0.6) is 0 Å². The fraction of sp³-hybridized carbons (Fsp3) is 0.688. The van der Waals surface area contributed by atoms with E-state index in [9.17, 15) is 14.7 Å². The molecule has 1 unspecified atom stereocenters. The third-order valence-electron chi connectivity index (χ3n) is 4.66. The van der Waals surface area contributed by atoms with Crippen LogP contribution in [-0.4, -0.2) is 26.6 Å². The molecule has 0 bridgehead atoms. The predicted octanol–water partition coefficient (Wildman–Crippen LogP) is 3.00. The van der Waals surface area contributed by atoms with E-state index in [-0.39, 0.29) is 12.2 Å². The van der Waals surface area contributed by atoms with Crippen LogP contribution in [0, 0.1) is 5.41 Å². The van der Waals surface area contributed by atoms with Gasteiger partial charge in [0.1, 0.15) is 5.41 Å². The Labute approximate surface area is 125 Å². The molecule has 0 aromatic carbocycles. The van der Waals surface area contributed by atoms with Gasteiger partial charge in [0.15, 0.2) is 5.78 Å². The summed E-state index contributed by atoms with van der Waals surface area (Å²) in [7, 11) is 0. The third kappa shape index (κ3) is 3.01. The first kappa shape index (κ1) is 15.7. The summed E-state index contributed by atoms with van der Waals surface area (Å²) in [6, 6.07) is 2.19. The molecule has 1 fully saturated rings. The molecule has 0 radical (unpaired) electrons. The summed E-state index contributed by atoms with van der Waals surface area (Å²) in [5.41, 5.74) is -0.551. The van der Waals surface area contributed by atoms with Gasteiger partial charge in [0.05, 0.1) is 11.7 Å². The van der Waals surface area contributed by atoms with Gasteiger partial charge >= 0.3 is 5.97 Å². The molecule has 1 aromatic heterocycles. The van der Waals surface area contributed by atoms with E-state index in [1.54, 1.807) is 0 Å². The van der Waals surface area contributed by atoms with E-state index >= 15 is 0 Å². The molecule has 1 aliphatic carbocycles. The van der Waals surface area contributed by atoms with Gasteiger partial charge in [-0.3, -0.25) is 14.3 Å². The maximum Gasteiger partial charge on any atom is 0.317 e. The number of carboxylic acid groups (broad SMARTS) is 1. The number of aliphatic carboxylic acids is 1. The predicted molar refractivity (Wildman–Crippen MR) is 79.1 cm³/mol. The summed E-state index contributed by atoms with van der Waals surface area (Å²) in [6.45, 7) is 4.22. The van der Waals surface area contributed by atoms with E-state index in [4.69, 9.17) is 0 Å². The fourth-order valence-corrected chi connectivity index (χ4v) is 3.23. The van der Waals surface area contributed by atoms with Gasteiger partial charge in [-0.2, -0.15) is 5.10 Å². The van der Waals surface area contributed by atoms with Crippen molar-refractivity contribution in [2.45, 2.75) is 64.8 Å². The number of carbonyl (C=O) groups is 2. The topological polar surface area (TPSA) is 72.2 Å². The Hall–Kier alpha value is -1.65. The first-order valence-electron chi connectivity index (χ1n) is 7.84. The fourth-order valence-electron chi connectivity index (χ4n) is 3.23. The second-order valence-electron chi connectivity index (χ2n) is 5.95. The van der Waals surface area contributed by atoms with Crippen LogP contribution in [0.2, 0.25) is 0 Å². The molecule has 5 nitrogen and oxygen atoms in total. The Morgan fingerprint density at radius 3 is 2.71 bits per heavy atom. The number of hydrogen-bond acceptors (Lipinski definition) is 3. The zero-order chi connectivity index (χ0) is 15.5. The smallest absolute Gasteiger partial charge is 0.317 e. The minimum atomic E-state index is -1.26. The zero-order valence-corrected chi connectivity index (χ0v) is 12.8. The summed E-state index contributed by atoms with van der Waals surface area (Å²) in [5.74, 6) is -1.14. The first-order valence-corrected chi connectivity index (χ1v) is 7.84. The summed E-state index contributed by atoms with van der Waals surface area (Å²) in [6.07, 6.45) is 6.49. The Morgan fingerprint density at radius 1 is 1.43 bits per heavy atom. The van der Waals surface area contributed by atoms with Crippen LogP contribution in [0.3, 0.4) is 0 Å². The summed E-state index contributed by atoms with van der Waals surface area (Å²) < 4.78 is 1.90. The van der Waals surface area contributed by atoms with Gasteiger partial charge < -0.3 is 5.11 Å². The second-order valence-corrected chi connectivity index (χ2v) is 5.95. The second kappa shape index (κ2) is 6.41. The third-order valence-corrected chi connectivity index (χ3v) is 4.66. The van der Waals surface area contributed by atoms with Crippen molar-refractivity contribution in [1.29, 1.82) is 0 Å². The lowest BCUT2D eigenvalue weighted by molar-refractivity contribution is -0.157. The van der Waals surface area contributed by atoms with Crippen molar-refractivity contribution in [3.63, 3.8) is 0 Å². The maximum atomic E-state index is 12.2. The molecule has 1 N–H and O–H groups in total. The number of carbonyl (C=O) groups excluding carboxylic acids is 1. The zero-order valence-electron chi connectivity index (χ0n) is 12.8. The number of ketones is 1. The van der Waals surface area contributed by atoms with Gasteiger partial charge in [-0.25, -0.2) is 0 Å². The summed E-state index contributed by atoms with van der Waals surface area (Å²) >= 11 is 0. The van der Waals surface area contributed by atoms with E-state index in [2.05, 4.69) is 18.9 Å². The summed E-state index contributed by atoms with van der Waals surface area (Å²) in [4.78, 5) is 23.9. The number of nitrogens with zero attached hydrogens (tertiary/aromatic N) is 2. The number of Topliss-reactive ketones (excluding diaryl/α,β-unsaturated/α-hetero) is 1. The lowest BCUT2D eigenvalue weighted by Gasteiger charge is -2.30. The molecule has 1 atom stereocenters. The largest absolute Gasteiger partial charge is 0.480 e. The number of aromatic nitrogens is 2. The highest BCUT2D eigenvalue weighted by molar-refractivity contribution is 6.03. The highest BCUT2D eigenvalue weighted by atomic mass is 16.4. The highest BCUT2D eigenvalue weighted by Gasteiger charge is 2.47. The molecular formula is C16H24N2O3. The van der Waals surface area contributed by atoms with E-state index in [1.165, 1.54) is 0 Å². The molecule has 1 saturated carbocycles. The van der Waals surface area contributed by atoms with Crippen LogP contribution >= 0.6 is 0 Å². The van der Waals surface area contributed by atoms with Crippen molar-refractivity contribution in [2.24, 2.45) is 5.41 Å². The van der Waals surface area contributed by atoms with E-state index in [1.807, 2.05) is 16.9 Å². The molecule has 1 aliphatic rings. The van der Waals surface area contributed by atoms with E-state index in [0.29, 0.717) is 24.6 Å². The molecule has 0 amide bonds. The number of hydrogen-bond donors (Lipinski definition) is 1. The van der Waals surface area contributed by atoms with Gasteiger partial charge in [0.25, 0.3) is 0 Å². The van der Waals surface area contributed by atoms with Crippen molar-refractivity contribution in [3.8, 4) is 0 Å². The van der Waals surface area contributed by atoms with Crippen molar-refractivity contribution < 1.29 is 14.7 Å². The molecule has 1 aromatic rings. The number of rotatable bonds is 6. The Bertz CT molecular complexity index is 519. The van der Waals surface area contributed by atoms with Crippen molar-refractivity contribution >= 4 is 11.8 Å². The van der Waals surface area contributed by atoms with Gasteiger partial charge in [-0.15, -0.1) is 0 Å². The standard InChI is InChI=1S/C16H24N2O3/c1-3-13(4-2)18-10-8-12(17-18)11-16(15(20)21)9-6-5-7-14(16)19/h8,10,13H,3-7,9,11H2,1-2H3,(H,20,21). The number of carboxylic acids is 1. The Balaban J connectivity index is 2.22. The average molecular weight is 292 g/mol. The SMILES string of the molecule is CCC(CC)n1ccc(CC2(C(=O)O)CCCCC2=O)n1. The average Bonchev–Trinajstić information content (AvgIpc) is 2.91. The van der Waals surface area contributed by atoms with Crippen molar-refractivity contribution in [1.82, 2.24) is 9.78 Å². The summed E-state index contributed by atoms with van der Waals surface area (Å²) in [5, 5.41) is 14.1. The molecular weight excluding hydrogens is 268 g/mol. The molecule has 2 rings (SSSR count). The maximum absolute atomic E-state index is 12.2. The van der Waals surface area contributed by atoms with Crippen LogP contribution in [0.25, 0.3) is 0 Å². The monoisotopic (exact) mass is 292 g/mol. The normalized spacial score (nSPS) is 22.7. The van der Waals surface area contributed by atoms with E-state index < -0.39 is 11.4 Å². The van der Waals surface area contributed by atoms with Gasteiger partial charge in [-0.1, -0.05) is 20.3 Å². The molecule has 5 heteroatoms. The minimum absolute atomic E-state index is 0.140. The molecule has 21 heavy (non-hydrogen) atoms. The highest BCUT2D eigenvalue weighted by Crippen LogP contribution is 2.36. The van der Waals surface area contributed by atoms with E-state index in [0.717, 1.165) is 25.7 Å². The molecule has 0 saturated heterocycles. The quantitative estimate of drug-likeness (QED) is 0.818. The van der Waals surface area contributed by atoms with Gasteiger partial charge in [0, 0.05) is 19.0 Å². The first-order chi connectivity index (χ1) is 10.0. The van der Waals surface area contributed by atoms with Gasteiger partial charge in [-0.05, 0) is 31.7 Å². The lowest BCUT2D eigenvalue weighted by Crippen LogP contribution is -2.43. The van der Waals surface area contributed by atoms with Crippen LogP contribution in [0.1, 0.15) is 64.1 Å². The molecule has 0 spiro atoms.